The maximum Gasteiger partial charge on any atom is 0.137 e. The Kier molecular flexibility index (Phi) is 6.04. The van der Waals surface area contributed by atoms with Crippen molar-refractivity contribution in [2.75, 3.05) is 13.1 Å². The van der Waals surface area contributed by atoms with E-state index < -0.39 is 0 Å². The smallest absolute Gasteiger partial charge is 0.137 e. The van der Waals surface area contributed by atoms with Gasteiger partial charge in [0.1, 0.15) is 5.78 Å². The first-order valence-electron chi connectivity index (χ1n) is 6.95. The van der Waals surface area contributed by atoms with Crippen LogP contribution < -0.4 is 0 Å². The van der Waals surface area contributed by atoms with Crippen molar-refractivity contribution in [1.82, 2.24) is 4.90 Å². The predicted molar refractivity (Wildman–Crippen MR) is 68.6 cm³/mol. The average molecular weight is 225 g/mol. The molecule has 1 rings (SSSR count). The Morgan fingerprint density at radius 3 is 2.69 bits per heavy atom. The number of carbonyl (C=O) groups excluding carboxylic acids is 1. The molecule has 0 aromatic carbocycles. The molecular weight excluding hydrogens is 198 g/mol. The normalized spacial score (nSPS) is 23.0. The SMILES string of the molecule is CCCCN(CC1CCCC1=O)C(C)CC. The molecule has 1 aliphatic carbocycles. The van der Waals surface area contributed by atoms with Crippen LogP contribution in [0.3, 0.4) is 0 Å². The second-order valence-corrected chi connectivity index (χ2v) is 5.16. The van der Waals surface area contributed by atoms with Gasteiger partial charge in [-0.05, 0) is 39.2 Å². The molecule has 2 nitrogen and oxygen atoms in total. The van der Waals surface area contributed by atoms with Crippen molar-refractivity contribution in [1.29, 1.82) is 0 Å². The van der Waals surface area contributed by atoms with Crippen molar-refractivity contribution >= 4 is 5.78 Å². The number of ketones is 1. The summed E-state index contributed by atoms with van der Waals surface area (Å²) in [6, 6.07) is 0.625. The molecule has 0 aliphatic heterocycles. The van der Waals surface area contributed by atoms with Crippen molar-refractivity contribution in [3.8, 4) is 0 Å². The van der Waals surface area contributed by atoms with Crippen molar-refractivity contribution in [3.63, 3.8) is 0 Å². The summed E-state index contributed by atoms with van der Waals surface area (Å²) < 4.78 is 0. The summed E-state index contributed by atoms with van der Waals surface area (Å²) in [5.74, 6) is 0.843. The highest BCUT2D eigenvalue weighted by Gasteiger charge is 2.27. The van der Waals surface area contributed by atoms with Crippen LogP contribution in [0.1, 0.15) is 59.3 Å². The zero-order valence-electron chi connectivity index (χ0n) is 11.2. The van der Waals surface area contributed by atoms with Crippen LogP contribution in [0, 0.1) is 5.92 Å². The third-order valence-electron chi connectivity index (χ3n) is 3.90. The lowest BCUT2D eigenvalue weighted by molar-refractivity contribution is -0.121. The molecule has 0 amide bonds. The van der Waals surface area contributed by atoms with Crippen LogP contribution in [-0.4, -0.2) is 29.8 Å². The van der Waals surface area contributed by atoms with Crippen LogP contribution in [0.4, 0.5) is 0 Å². The molecule has 1 aliphatic rings. The monoisotopic (exact) mass is 225 g/mol. The highest BCUT2D eigenvalue weighted by Crippen LogP contribution is 2.23. The topological polar surface area (TPSA) is 20.3 Å². The number of hydrogen-bond donors (Lipinski definition) is 0. The molecule has 0 saturated heterocycles. The van der Waals surface area contributed by atoms with Gasteiger partial charge in [-0.2, -0.15) is 0 Å². The molecule has 0 heterocycles. The number of carbonyl (C=O) groups is 1. The lowest BCUT2D eigenvalue weighted by Gasteiger charge is -2.30. The maximum atomic E-state index is 11.7. The molecule has 1 saturated carbocycles. The van der Waals surface area contributed by atoms with Gasteiger partial charge in [0.25, 0.3) is 0 Å². The van der Waals surface area contributed by atoms with Crippen molar-refractivity contribution in [2.45, 2.75) is 65.3 Å². The fraction of sp³-hybridized carbons (Fsp3) is 0.929. The Balaban J connectivity index is 2.44. The predicted octanol–water partition coefficient (Wildman–Crippen LogP) is 3.26. The molecule has 2 atom stereocenters. The number of rotatable bonds is 7. The van der Waals surface area contributed by atoms with E-state index in [-0.39, 0.29) is 0 Å². The van der Waals surface area contributed by atoms with Crippen LogP contribution in [0.25, 0.3) is 0 Å². The first-order valence-corrected chi connectivity index (χ1v) is 6.95. The molecule has 0 spiro atoms. The summed E-state index contributed by atoms with van der Waals surface area (Å²) in [5, 5.41) is 0. The van der Waals surface area contributed by atoms with Crippen molar-refractivity contribution in [2.24, 2.45) is 5.92 Å². The molecule has 0 N–H and O–H groups in total. The Morgan fingerprint density at radius 1 is 1.44 bits per heavy atom. The van der Waals surface area contributed by atoms with E-state index in [1.54, 1.807) is 0 Å². The number of Topliss-reactive ketones (excluding diaryl/α,β-unsaturated/α-hetero) is 1. The molecule has 94 valence electrons. The molecular formula is C14H27NO. The zero-order chi connectivity index (χ0) is 12.0. The Hall–Kier alpha value is -0.370. The summed E-state index contributed by atoms with van der Waals surface area (Å²) in [4.78, 5) is 14.2. The molecule has 0 aromatic heterocycles. The minimum atomic E-state index is 0.339. The molecule has 0 bridgehead atoms. The van der Waals surface area contributed by atoms with Gasteiger partial charge in [-0.25, -0.2) is 0 Å². The number of hydrogen-bond acceptors (Lipinski definition) is 2. The van der Waals surface area contributed by atoms with Gasteiger partial charge in [0.05, 0.1) is 0 Å². The van der Waals surface area contributed by atoms with Gasteiger partial charge < -0.3 is 0 Å². The minimum Gasteiger partial charge on any atom is -0.300 e. The average Bonchev–Trinajstić information content (AvgIpc) is 2.69. The van der Waals surface area contributed by atoms with E-state index in [0.717, 1.165) is 32.4 Å². The molecule has 2 heteroatoms. The second-order valence-electron chi connectivity index (χ2n) is 5.16. The van der Waals surface area contributed by atoms with Crippen LogP contribution in [0.5, 0.6) is 0 Å². The van der Waals surface area contributed by atoms with Gasteiger partial charge in [-0.1, -0.05) is 20.3 Å². The summed E-state index contributed by atoms with van der Waals surface area (Å²) in [6.07, 6.45) is 6.75. The Bertz CT molecular complexity index is 215. The standard InChI is InChI=1S/C14H27NO/c1-4-6-10-15(12(3)5-2)11-13-8-7-9-14(13)16/h12-13H,4-11H2,1-3H3. The molecule has 0 radical (unpaired) electrons. The fourth-order valence-corrected chi connectivity index (χ4v) is 2.48. The van der Waals surface area contributed by atoms with E-state index in [1.165, 1.54) is 19.3 Å². The maximum absolute atomic E-state index is 11.7. The van der Waals surface area contributed by atoms with E-state index >= 15 is 0 Å². The third kappa shape index (κ3) is 3.89. The van der Waals surface area contributed by atoms with Crippen LogP contribution >= 0.6 is 0 Å². The highest BCUT2D eigenvalue weighted by atomic mass is 16.1. The molecule has 1 fully saturated rings. The summed E-state index contributed by atoms with van der Waals surface area (Å²) >= 11 is 0. The number of nitrogens with zero attached hydrogens (tertiary/aromatic N) is 1. The fourth-order valence-electron chi connectivity index (χ4n) is 2.48. The lowest BCUT2D eigenvalue weighted by Crippen LogP contribution is -2.38. The van der Waals surface area contributed by atoms with E-state index in [2.05, 4.69) is 25.7 Å². The van der Waals surface area contributed by atoms with Gasteiger partial charge in [-0.15, -0.1) is 0 Å². The molecule has 16 heavy (non-hydrogen) atoms. The van der Waals surface area contributed by atoms with Crippen molar-refractivity contribution < 1.29 is 4.79 Å². The number of unbranched alkanes of at least 4 members (excludes halogenated alkanes) is 1. The Labute approximate surface area is 100 Å². The Morgan fingerprint density at radius 2 is 2.19 bits per heavy atom. The minimum absolute atomic E-state index is 0.339. The molecule has 2 unspecified atom stereocenters. The second kappa shape index (κ2) is 7.05. The van der Waals surface area contributed by atoms with Gasteiger partial charge in [0.2, 0.25) is 0 Å². The zero-order valence-corrected chi connectivity index (χ0v) is 11.2. The van der Waals surface area contributed by atoms with Gasteiger partial charge in [0, 0.05) is 24.9 Å². The van der Waals surface area contributed by atoms with Crippen LogP contribution in [-0.2, 0) is 4.79 Å². The third-order valence-corrected chi connectivity index (χ3v) is 3.90. The summed E-state index contributed by atoms with van der Waals surface area (Å²) in [6.45, 7) is 8.92. The summed E-state index contributed by atoms with van der Waals surface area (Å²) in [7, 11) is 0. The molecule has 0 aromatic rings. The van der Waals surface area contributed by atoms with E-state index in [0.29, 0.717) is 17.7 Å². The first-order chi connectivity index (χ1) is 7.69. The van der Waals surface area contributed by atoms with Gasteiger partial charge >= 0.3 is 0 Å². The van der Waals surface area contributed by atoms with Gasteiger partial charge in [-0.3, -0.25) is 9.69 Å². The van der Waals surface area contributed by atoms with Crippen LogP contribution in [0.2, 0.25) is 0 Å². The van der Waals surface area contributed by atoms with E-state index in [9.17, 15) is 4.79 Å². The summed E-state index contributed by atoms with van der Waals surface area (Å²) in [5.41, 5.74) is 0. The largest absolute Gasteiger partial charge is 0.300 e. The van der Waals surface area contributed by atoms with Crippen LogP contribution in [0.15, 0.2) is 0 Å². The quantitative estimate of drug-likeness (QED) is 0.663. The van der Waals surface area contributed by atoms with Gasteiger partial charge in [0.15, 0.2) is 0 Å². The van der Waals surface area contributed by atoms with E-state index in [4.69, 9.17) is 0 Å². The van der Waals surface area contributed by atoms with Crippen molar-refractivity contribution in [3.05, 3.63) is 0 Å². The first kappa shape index (κ1) is 13.7. The van der Waals surface area contributed by atoms with E-state index in [1.807, 2.05) is 0 Å². The highest BCUT2D eigenvalue weighted by molar-refractivity contribution is 5.83. The lowest BCUT2D eigenvalue weighted by atomic mass is 10.0.